The van der Waals surface area contributed by atoms with Crippen LogP contribution in [0.2, 0.25) is 0 Å². The maximum absolute atomic E-state index is 11.5. The van der Waals surface area contributed by atoms with Gasteiger partial charge in [-0.2, -0.15) is 0 Å². The van der Waals surface area contributed by atoms with Gasteiger partial charge in [0.25, 0.3) is 0 Å². The van der Waals surface area contributed by atoms with E-state index in [2.05, 4.69) is 17.4 Å². The highest BCUT2D eigenvalue weighted by atomic mass is 35.5. The van der Waals surface area contributed by atoms with Crippen LogP contribution < -0.4 is 5.32 Å². The summed E-state index contributed by atoms with van der Waals surface area (Å²) in [5.74, 6) is -1.26. The van der Waals surface area contributed by atoms with Crippen molar-refractivity contribution < 1.29 is 14.7 Å². The zero-order valence-electron chi connectivity index (χ0n) is 10.5. The van der Waals surface area contributed by atoms with Gasteiger partial charge in [-0.15, -0.1) is 12.4 Å². The summed E-state index contributed by atoms with van der Waals surface area (Å²) in [7, 11) is 0. The molecule has 0 fully saturated rings. The molecular weight excluding hydrogens is 268 g/mol. The largest absolute Gasteiger partial charge is 0.480 e. The predicted octanol–water partition coefficient (Wildman–Crippen LogP) is 0.667. The van der Waals surface area contributed by atoms with Crippen molar-refractivity contribution in [1.29, 1.82) is 0 Å². The van der Waals surface area contributed by atoms with Crippen molar-refractivity contribution in [3.8, 4) is 0 Å². The number of carbonyl (C=O) groups excluding carboxylic acids is 1. The summed E-state index contributed by atoms with van der Waals surface area (Å²) in [5, 5.41) is 10.8. The number of halogens is 1. The van der Waals surface area contributed by atoms with E-state index in [9.17, 15) is 9.59 Å². The molecule has 0 bridgehead atoms. The first-order chi connectivity index (χ1) is 8.65. The topological polar surface area (TPSA) is 69.6 Å². The smallest absolute Gasteiger partial charge is 0.322 e. The van der Waals surface area contributed by atoms with Crippen LogP contribution >= 0.6 is 12.4 Å². The number of hydrogen-bond acceptors (Lipinski definition) is 3. The van der Waals surface area contributed by atoms with Gasteiger partial charge in [-0.1, -0.05) is 24.3 Å². The molecule has 0 spiro atoms. The third-order valence-electron chi connectivity index (χ3n) is 3.01. The van der Waals surface area contributed by atoms with Crippen molar-refractivity contribution in [2.75, 3.05) is 19.6 Å². The summed E-state index contributed by atoms with van der Waals surface area (Å²) in [6.45, 7) is 1.51. The minimum Gasteiger partial charge on any atom is -0.480 e. The summed E-state index contributed by atoms with van der Waals surface area (Å²) >= 11 is 0. The lowest BCUT2D eigenvalue weighted by molar-refractivity contribution is -0.138. The average Bonchev–Trinajstić information content (AvgIpc) is 2.36. The first-order valence-corrected chi connectivity index (χ1v) is 5.93. The first kappa shape index (κ1) is 15.5. The van der Waals surface area contributed by atoms with Crippen molar-refractivity contribution in [2.45, 2.75) is 13.0 Å². The average molecular weight is 285 g/mol. The van der Waals surface area contributed by atoms with E-state index in [0.717, 1.165) is 19.5 Å². The molecule has 0 aliphatic carbocycles. The number of carboxylic acid groups (broad SMARTS) is 1. The van der Waals surface area contributed by atoms with Crippen molar-refractivity contribution in [2.24, 2.45) is 0 Å². The minimum atomic E-state index is -1.02. The number of fused-ring (bicyclic) bond motifs is 1. The Labute approximate surface area is 118 Å². The van der Waals surface area contributed by atoms with Gasteiger partial charge in [-0.3, -0.25) is 14.5 Å². The van der Waals surface area contributed by atoms with Crippen LogP contribution in [-0.2, 0) is 22.6 Å². The number of rotatable bonds is 4. The molecule has 0 aromatic heterocycles. The second-order valence-electron chi connectivity index (χ2n) is 4.40. The number of nitrogens with zero attached hydrogens (tertiary/aromatic N) is 1. The molecule has 1 aromatic carbocycles. The highest BCUT2D eigenvalue weighted by Crippen LogP contribution is 2.17. The third kappa shape index (κ3) is 4.54. The molecule has 6 heteroatoms. The van der Waals surface area contributed by atoms with E-state index in [-0.39, 0.29) is 31.4 Å². The van der Waals surface area contributed by atoms with Crippen LogP contribution in [0.1, 0.15) is 11.1 Å². The van der Waals surface area contributed by atoms with Gasteiger partial charge in [0, 0.05) is 13.1 Å². The van der Waals surface area contributed by atoms with Gasteiger partial charge < -0.3 is 10.4 Å². The molecule has 0 saturated heterocycles. The molecule has 0 unspecified atom stereocenters. The second-order valence-corrected chi connectivity index (χ2v) is 4.40. The van der Waals surface area contributed by atoms with Crippen LogP contribution in [0.3, 0.4) is 0 Å². The second kappa shape index (κ2) is 7.11. The van der Waals surface area contributed by atoms with Crippen LogP contribution in [-0.4, -0.2) is 41.5 Å². The monoisotopic (exact) mass is 284 g/mol. The van der Waals surface area contributed by atoms with E-state index < -0.39 is 5.97 Å². The molecule has 1 aromatic rings. The Hall–Kier alpha value is -1.59. The van der Waals surface area contributed by atoms with Gasteiger partial charge in [0.2, 0.25) is 5.91 Å². The number of aliphatic carboxylic acids is 1. The highest BCUT2D eigenvalue weighted by molar-refractivity contribution is 5.85. The molecule has 2 rings (SSSR count). The molecule has 5 nitrogen and oxygen atoms in total. The Balaban J connectivity index is 0.00000180. The standard InChI is InChI=1S/C13H16N2O3.ClH/c16-12(14-7-13(17)18)9-15-6-5-10-3-1-2-4-11(10)8-15;/h1-4H,5-9H2,(H,14,16)(H,17,18);1H. The van der Waals surface area contributed by atoms with E-state index >= 15 is 0 Å². The molecule has 1 aliphatic heterocycles. The maximum atomic E-state index is 11.5. The summed E-state index contributed by atoms with van der Waals surface area (Å²) in [6.07, 6.45) is 0.933. The summed E-state index contributed by atoms with van der Waals surface area (Å²) in [4.78, 5) is 23.9. The number of benzene rings is 1. The number of carboxylic acids is 1. The van der Waals surface area contributed by atoms with Gasteiger partial charge in [-0.05, 0) is 17.5 Å². The molecule has 1 aliphatic rings. The van der Waals surface area contributed by atoms with Crippen LogP contribution in [0.25, 0.3) is 0 Å². The predicted molar refractivity (Wildman–Crippen MR) is 73.3 cm³/mol. The lowest BCUT2D eigenvalue weighted by Crippen LogP contribution is -2.41. The number of nitrogens with one attached hydrogen (secondary N) is 1. The molecule has 2 N–H and O–H groups in total. The molecule has 0 saturated carbocycles. The van der Waals surface area contributed by atoms with E-state index in [1.54, 1.807) is 0 Å². The van der Waals surface area contributed by atoms with E-state index in [1.165, 1.54) is 11.1 Å². The van der Waals surface area contributed by atoms with E-state index in [0.29, 0.717) is 0 Å². The maximum Gasteiger partial charge on any atom is 0.322 e. The van der Waals surface area contributed by atoms with Gasteiger partial charge in [0.15, 0.2) is 0 Å². The lowest BCUT2D eigenvalue weighted by atomic mass is 10.00. The number of carbonyl (C=O) groups is 2. The highest BCUT2D eigenvalue weighted by Gasteiger charge is 2.17. The summed E-state index contributed by atoms with van der Waals surface area (Å²) in [5.41, 5.74) is 2.58. The SMILES string of the molecule is Cl.O=C(O)CNC(=O)CN1CCc2ccccc2C1. The van der Waals surface area contributed by atoms with E-state index in [4.69, 9.17) is 5.11 Å². The van der Waals surface area contributed by atoms with Crippen LogP contribution in [0.5, 0.6) is 0 Å². The minimum absolute atomic E-state index is 0. The molecule has 1 heterocycles. The summed E-state index contributed by atoms with van der Waals surface area (Å²) in [6, 6.07) is 8.19. The van der Waals surface area contributed by atoms with Crippen molar-refractivity contribution >= 4 is 24.3 Å². The third-order valence-corrected chi connectivity index (χ3v) is 3.01. The van der Waals surface area contributed by atoms with Crippen molar-refractivity contribution in [3.05, 3.63) is 35.4 Å². The molecule has 1 amide bonds. The van der Waals surface area contributed by atoms with Crippen molar-refractivity contribution in [1.82, 2.24) is 10.2 Å². The Bertz CT molecular complexity index is 465. The number of hydrogen-bond donors (Lipinski definition) is 2. The zero-order valence-corrected chi connectivity index (χ0v) is 11.3. The van der Waals surface area contributed by atoms with Crippen LogP contribution in [0.15, 0.2) is 24.3 Å². The molecule has 104 valence electrons. The Morgan fingerprint density at radius 3 is 2.63 bits per heavy atom. The lowest BCUT2D eigenvalue weighted by Gasteiger charge is -2.27. The molecule has 0 atom stereocenters. The Morgan fingerprint density at radius 1 is 1.26 bits per heavy atom. The Kier molecular flexibility index (Phi) is 5.79. The van der Waals surface area contributed by atoms with Gasteiger partial charge in [-0.25, -0.2) is 0 Å². The quantitative estimate of drug-likeness (QED) is 0.853. The Morgan fingerprint density at radius 2 is 1.95 bits per heavy atom. The first-order valence-electron chi connectivity index (χ1n) is 5.93. The number of amides is 1. The fourth-order valence-corrected chi connectivity index (χ4v) is 2.12. The molecular formula is C13H17ClN2O3. The van der Waals surface area contributed by atoms with Gasteiger partial charge in [0.05, 0.1) is 6.54 Å². The fraction of sp³-hybridized carbons (Fsp3) is 0.385. The molecule has 0 radical (unpaired) electrons. The fourth-order valence-electron chi connectivity index (χ4n) is 2.12. The van der Waals surface area contributed by atoms with Gasteiger partial charge >= 0.3 is 5.97 Å². The van der Waals surface area contributed by atoms with Gasteiger partial charge in [0.1, 0.15) is 6.54 Å². The molecule has 19 heavy (non-hydrogen) atoms. The summed E-state index contributed by atoms with van der Waals surface area (Å²) < 4.78 is 0. The zero-order chi connectivity index (χ0) is 13.0. The normalized spacial score (nSPS) is 14.1. The van der Waals surface area contributed by atoms with Crippen LogP contribution in [0.4, 0.5) is 0 Å². The van der Waals surface area contributed by atoms with E-state index in [1.807, 2.05) is 17.0 Å². The van der Waals surface area contributed by atoms with Crippen LogP contribution in [0, 0.1) is 0 Å². The van der Waals surface area contributed by atoms with Crippen molar-refractivity contribution in [3.63, 3.8) is 0 Å².